The SMILES string of the molecule is C=CCCCCC[C@H](NC(=O)OC(C)(C)C)C(=O)N1C[C@]2(CCc3c(c(C)nc4c(C(F)(F)F)cccc34)O2)C[C@H]1C(=O)OC. The highest BCUT2D eigenvalue weighted by Gasteiger charge is 2.53. The highest BCUT2D eigenvalue weighted by Crippen LogP contribution is 2.46. The fourth-order valence-electron chi connectivity index (χ4n) is 6.20. The molecule has 2 aliphatic rings. The summed E-state index contributed by atoms with van der Waals surface area (Å²) < 4.78 is 58.3. The van der Waals surface area contributed by atoms with Crippen LogP contribution in [0.1, 0.15) is 82.5 Å². The number of alkyl carbamates (subject to hydrolysis) is 1. The molecule has 3 heterocycles. The van der Waals surface area contributed by atoms with E-state index in [1.54, 1.807) is 33.8 Å². The average Bonchev–Trinajstić information content (AvgIpc) is 3.32. The van der Waals surface area contributed by atoms with Gasteiger partial charge in [0, 0.05) is 17.4 Å². The van der Waals surface area contributed by atoms with Crippen LogP contribution in [0.2, 0.25) is 0 Å². The Hall–Kier alpha value is -3.83. The Bertz CT molecular complexity index is 1450. The number of nitrogens with one attached hydrogen (secondary N) is 1. The predicted molar refractivity (Wildman–Crippen MR) is 162 cm³/mol. The van der Waals surface area contributed by atoms with E-state index in [1.807, 2.05) is 6.08 Å². The Morgan fingerprint density at radius 3 is 2.60 bits per heavy atom. The third kappa shape index (κ3) is 7.70. The van der Waals surface area contributed by atoms with Crippen molar-refractivity contribution in [2.75, 3.05) is 13.7 Å². The highest BCUT2D eigenvalue weighted by molar-refractivity contribution is 5.91. The average molecular weight is 634 g/mol. The van der Waals surface area contributed by atoms with Crippen LogP contribution in [0.3, 0.4) is 0 Å². The molecule has 2 amide bonds. The topological polar surface area (TPSA) is 107 Å². The van der Waals surface area contributed by atoms with E-state index in [4.69, 9.17) is 14.2 Å². The molecule has 45 heavy (non-hydrogen) atoms. The van der Waals surface area contributed by atoms with Gasteiger partial charge in [0.05, 0.1) is 30.4 Å². The van der Waals surface area contributed by atoms with Crippen molar-refractivity contribution in [1.82, 2.24) is 15.2 Å². The molecule has 0 bridgehead atoms. The monoisotopic (exact) mass is 633 g/mol. The largest absolute Gasteiger partial charge is 0.483 e. The molecular formula is C33H42F3N3O6. The van der Waals surface area contributed by atoms with Crippen LogP contribution in [0, 0.1) is 6.92 Å². The van der Waals surface area contributed by atoms with Crippen molar-refractivity contribution in [1.29, 1.82) is 0 Å². The number of fused-ring (bicyclic) bond motifs is 3. The fourth-order valence-corrected chi connectivity index (χ4v) is 6.20. The Morgan fingerprint density at radius 2 is 1.96 bits per heavy atom. The highest BCUT2D eigenvalue weighted by atomic mass is 19.4. The molecule has 12 heteroatoms. The van der Waals surface area contributed by atoms with E-state index in [-0.39, 0.29) is 24.2 Å². The van der Waals surface area contributed by atoms with Crippen LogP contribution in [0.4, 0.5) is 18.0 Å². The molecule has 1 spiro atoms. The van der Waals surface area contributed by atoms with Gasteiger partial charge in [-0.2, -0.15) is 13.2 Å². The number of carbonyl (C=O) groups is 3. The van der Waals surface area contributed by atoms with Crippen molar-refractivity contribution in [2.45, 2.75) is 109 Å². The maximum atomic E-state index is 14.1. The number of amides is 2. The summed E-state index contributed by atoms with van der Waals surface area (Å²) in [5, 5.41) is 3.06. The molecule has 0 radical (unpaired) electrons. The lowest BCUT2D eigenvalue weighted by Crippen LogP contribution is -2.53. The minimum absolute atomic E-state index is 0.0219. The fraction of sp³-hybridized carbons (Fsp3) is 0.576. The number of aryl methyl sites for hydroxylation is 2. The zero-order valence-corrected chi connectivity index (χ0v) is 26.5. The number of aromatic nitrogens is 1. The molecule has 246 valence electrons. The van der Waals surface area contributed by atoms with Crippen LogP contribution in [0.15, 0.2) is 30.9 Å². The smallest absolute Gasteiger partial charge is 0.418 e. The second kappa shape index (κ2) is 13.3. The van der Waals surface area contributed by atoms with Crippen molar-refractivity contribution >= 4 is 28.9 Å². The molecular weight excluding hydrogens is 591 g/mol. The number of allylic oxidation sites excluding steroid dienone is 1. The molecule has 3 atom stereocenters. The van der Waals surface area contributed by atoms with E-state index >= 15 is 0 Å². The number of esters is 1. The van der Waals surface area contributed by atoms with Crippen molar-refractivity contribution in [3.05, 3.63) is 47.7 Å². The first-order valence-corrected chi connectivity index (χ1v) is 15.3. The molecule has 0 unspecified atom stereocenters. The lowest BCUT2D eigenvalue weighted by Gasteiger charge is -2.37. The van der Waals surface area contributed by atoms with Gasteiger partial charge < -0.3 is 24.4 Å². The normalized spacial score (nSPS) is 20.4. The number of unbranched alkanes of at least 4 members (excludes halogenated alkanes) is 3. The molecule has 2 aromatic rings. The zero-order chi connectivity index (χ0) is 33.2. The summed E-state index contributed by atoms with van der Waals surface area (Å²) >= 11 is 0. The number of rotatable bonds is 9. The minimum atomic E-state index is -4.57. The number of pyridine rings is 1. The van der Waals surface area contributed by atoms with Crippen molar-refractivity contribution in [2.24, 2.45) is 0 Å². The summed E-state index contributed by atoms with van der Waals surface area (Å²) in [6.07, 6.45) is 0.818. The summed E-state index contributed by atoms with van der Waals surface area (Å²) in [5.74, 6) is -0.731. The summed E-state index contributed by atoms with van der Waals surface area (Å²) in [7, 11) is 1.24. The maximum absolute atomic E-state index is 14.1. The van der Waals surface area contributed by atoms with Crippen LogP contribution in [0.25, 0.3) is 10.9 Å². The Balaban J connectivity index is 1.64. The van der Waals surface area contributed by atoms with E-state index in [1.165, 1.54) is 18.1 Å². The Morgan fingerprint density at radius 1 is 1.22 bits per heavy atom. The standard InChI is InChI=1S/C33H42F3N3O6/c1-7-8-9-10-11-15-24(38-30(42)45-31(3,4)5)28(40)39-19-32(18-25(39)29(41)43-6)17-16-22-21-13-12-14-23(33(34,35)36)26(21)37-20(2)27(22)44-32/h7,12-14,24-25H,1,8-11,15-19H2,2-6H3,(H,38,42)/t24-,25-,32-/m0/s1. The van der Waals surface area contributed by atoms with Crippen molar-refractivity contribution in [3.63, 3.8) is 0 Å². The first kappa shape index (κ1) is 34.1. The third-order valence-electron chi connectivity index (χ3n) is 8.24. The summed E-state index contributed by atoms with van der Waals surface area (Å²) in [5.41, 5.74) is -1.85. The number of alkyl halides is 3. The maximum Gasteiger partial charge on any atom is 0.418 e. The molecule has 1 fully saturated rings. The zero-order valence-electron chi connectivity index (χ0n) is 26.5. The molecule has 2 aliphatic heterocycles. The van der Waals surface area contributed by atoms with E-state index in [0.29, 0.717) is 42.4 Å². The van der Waals surface area contributed by atoms with Crippen LogP contribution < -0.4 is 10.1 Å². The van der Waals surface area contributed by atoms with Crippen LogP contribution in [-0.2, 0) is 31.7 Å². The Kier molecular flexibility index (Phi) is 10.0. The number of carbonyl (C=O) groups excluding carboxylic acids is 3. The second-order valence-corrected chi connectivity index (χ2v) is 12.8. The van der Waals surface area contributed by atoms with Crippen LogP contribution >= 0.6 is 0 Å². The third-order valence-corrected chi connectivity index (χ3v) is 8.24. The number of halogens is 3. The van der Waals surface area contributed by atoms with Gasteiger partial charge in [0.15, 0.2) is 0 Å². The van der Waals surface area contributed by atoms with E-state index in [0.717, 1.165) is 25.3 Å². The minimum Gasteiger partial charge on any atom is -0.483 e. The molecule has 1 aromatic carbocycles. The number of methoxy groups -OCH3 is 1. The van der Waals surface area contributed by atoms with Gasteiger partial charge in [-0.3, -0.25) is 4.79 Å². The van der Waals surface area contributed by atoms with Gasteiger partial charge in [0.2, 0.25) is 5.91 Å². The first-order valence-electron chi connectivity index (χ1n) is 15.3. The van der Waals surface area contributed by atoms with Crippen molar-refractivity contribution < 1.29 is 41.8 Å². The quantitative estimate of drug-likeness (QED) is 0.193. The van der Waals surface area contributed by atoms with Gasteiger partial charge in [0.25, 0.3) is 0 Å². The number of hydrogen-bond acceptors (Lipinski definition) is 7. The summed E-state index contributed by atoms with van der Waals surface area (Å²) in [4.78, 5) is 45.6. The molecule has 9 nitrogen and oxygen atoms in total. The van der Waals surface area contributed by atoms with Gasteiger partial charge in [0.1, 0.15) is 29.0 Å². The number of benzene rings is 1. The van der Waals surface area contributed by atoms with E-state index in [2.05, 4.69) is 16.9 Å². The van der Waals surface area contributed by atoms with Gasteiger partial charge in [-0.05, 0) is 65.9 Å². The number of para-hydroxylation sites is 1. The molecule has 1 saturated heterocycles. The van der Waals surface area contributed by atoms with Gasteiger partial charge in [-0.1, -0.05) is 31.1 Å². The summed E-state index contributed by atoms with van der Waals surface area (Å²) in [6.45, 7) is 10.5. The lowest BCUT2D eigenvalue weighted by atomic mass is 9.87. The lowest BCUT2D eigenvalue weighted by molar-refractivity contribution is -0.151. The molecule has 1 aromatic heterocycles. The van der Waals surface area contributed by atoms with E-state index < -0.39 is 53.0 Å². The van der Waals surface area contributed by atoms with E-state index in [9.17, 15) is 27.6 Å². The molecule has 4 rings (SSSR count). The summed E-state index contributed by atoms with van der Waals surface area (Å²) in [6, 6.07) is 2.01. The number of nitrogens with zero attached hydrogens (tertiary/aromatic N) is 2. The molecule has 0 aliphatic carbocycles. The van der Waals surface area contributed by atoms with Crippen molar-refractivity contribution in [3.8, 4) is 5.75 Å². The molecule has 0 saturated carbocycles. The number of ether oxygens (including phenoxy) is 3. The van der Waals surface area contributed by atoms with Gasteiger partial charge in [-0.25, -0.2) is 14.6 Å². The van der Waals surface area contributed by atoms with Crippen LogP contribution in [-0.4, -0.2) is 64.8 Å². The number of likely N-dealkylation sites (tertiary alicyclic amines) is 1. The molecule has 1 N–H and O–H groups in total. The number of hydrogen-bond donors (Lipinski definition) is 1. The van der Waals surface area contributed by atoms with Gasteiger partial charge >= 0.3 is 18.2 Å². The Labute approximate surface area is 261 Å². The van der Waals surface area contributed by atoms with Gasteiger partial charge in [-0.15, -0.1) is 6.58 Å². The van der Waals surface area contributed by atoms with Crippen LogP contribution in [0.5, 0.6) is 5.75 Å². The second-order valence-electron chi connectivity index (χ2n) is 12.8. The first-order chi connectivity index (χ1) is 21.1. The predicted octanol–water partition coefficient (Wildman–Crippen LogP) is 6.43.